The fourth-order valence-electron chi connectivity index (χ4n) is 2.06. The highest BCUT2D eigenvalue weighted by atomic mass is 35.5. The van der Waals surface area contributed by atoms with Crippen LogP contribution in [0.2, 0.25) is 5.15 Å². The van der Waals surface area contributed by atoms with Crippen LogP contribution in [0.1, 0.15) is 12.5 Å². The number of benzene rings is 1. The lowest BCUT2D eigenvalue weighted by atomic mass is 10.2. The number of aromatic nitrogens is 4. The zero-order chi connectivity index (χ0) is 14.8. The van der Waals surface area contributed by atoms with Crippen molar-refractivity contribution in [3.63, 3.8) is 0 Å². The third-order valence-corrected chi connectivity index (χ3v) is 3.26. The van der Waals surface area contributed by atoms with Gasteiger partial charge in [-0.2, -0.15) is 0 Å². The summed E-state index contributed by atoms with van der Waals surface area (Å²) in [5.74, 6) is -0.0882. The van der Waals surface area contributed by atoms with Crippen LogP contribution in [0.25, 0.3) is 11.2 Å². The molecule has 21 heavy (non-hydrogen) atoms. The highest BCUT2D eigenvalue weighted by Crippen LogP contribution is 2.18. The minimum Gasteiger partial charge on any atom is -0.326 e. The van der Waals surface area contributed by atoms with E-state index in [2.05, 4.69) is 20.3 Å². The SMILES string of the molecule is CC(=O)Nc1ccc(Cn2cnc3c(Cl)ncnc32)cc1. The maximum Gasteiger partial charge on any atom is 0.221 e. The van der Waals surface area contributed by atoms with Gasteiger partial charge in [0.05, 0.1) is 12.9 Å². The molecule has 0 saturated carbocycles. The number of fused-ring (bicyclic) bond motifs is 1. The van der Waals surface area contributed by atoms with E-state index in [0.29, 0.717) is 22.9 Å². The summed E-state index contributed by atoms with van der Waals surface area (Å²) in [6.45, 7) is 2.10. The standard InChI is InChI=1S/C14H12ClN5O/c1-9(21)19-11-4-2-10(3-5-11)6-20-8-18-12-13(15)16-7-17-14(12)20/h2-5,7-8H,6H2,1H3,(H,19,21). The fraction of sp³-hybridized carbons (Fsp3) is 0.143. The molecular weight excluding hydrogens is 290 g/mol. The molecule has 106 valence electrons. The molecule has 0 atom stereocenters. The Hall–Kier alpha value is -2.47. The van der Waals surface area contributed by atoms with Crippen molar-refractivity contribution < 1.29 is 4.79 Å². The van der Waals surface area contributed by atoms with Crippen molar-refractivity contribution in [2.75, 3.05) is 5.32 Å². The number of imidazole rings is 1. The Kier molecular flexibility index (Phi) is 3.53. The van der Waals surface area contributed by atoms with Crippen molar-refractivity contribution in [2.45, 2.75) is 13.5 Å². The van der Waals surface area contributed by atoms with Gasteiger partial charge < -0.3 is 9.88 Å². The van der Waals surface area contributed by atoms with Crippen LogP contribution in [-0.4, -0.2) is 25.4 Å². The van der Waals surface area contributed by atoms with Gasteiger partial charge in [-0.25, -0.2) is 15.0 Å². The van der Waals surface area contributed by atoms with Gasteiger partial charge in [-0.15, -0.1) is 0 Å². The topological polar surface area (TPSA) is 72.7 Å². The minimum atomic E-state index is -0.0882. The quantitative estimate of drug-likeness (QED) is 0.754. The summed E-state index contributed by atoms with van der Waals surface area (Å²) < 4.78 is 1.90. The molecule has 0 radical (unpaired) electrons. The van der Waals surface area contributed by atoms with Gasteiger partial charge in [-0.05, 0) is 17.7 Å². The second-order valence-electron chi connectivity index (χ2n) is 4.59. The van der Waals surface area contributed by atoms with E-state index in [9.17, 15) is 4.79 Å². The molecule has 3 aromatic rings. The van der Waals surface area contributed by atoms with Crippen LogP contribution in [0, 0.1) is 0 Å². The largest absolute Gasteiger partial charge is 0.326 e. The van der Waals surface area contributed by atoms with Crippen LogP contribution in [0.4, 0.5) is 5.69 Å². The number of rotatable bonds is 3. The third kappa shape index (κ3) is 2.85. The van der Waals surface area contributed by atoms with E-state index in [1.807, 2.05) is 28.8 Å². The van der Waals surface area contributed by atoms with E-state index in [4.69, 9.17) is 11.6 Å². The van der Waals surface area contributed by atoms with E-state index in [-0.39, 0.29) is 5.91 Å². The monoisotopic (exact) mass is 301 g/mol. The average Bonchev–Trinajstić information content (AvgIpc) is 2.85. The molecule has 0 bridgehead atoms. The molecule has 1 N–H and O–H groups in total. The Labute approximate surface area is 125 Å². The number of hydrogen-bond acceptors (Lipinski definition) is 4. The maximum atomic E-state index is 11.0. The number of hydrogen-bond donors (Lipinski definition) is 1. The van der Waals surface area contributed by atoms with Gasteiger partial charge in [0.1, 0.15) is 11.8 Å². The molecule has 0 unspecified atom stereocenters. The first-order valence-corrected chi connectivity index (χ1v) is 6.69. The fourth-order valence-corrected chi connectivity index (χ4v) is 2.24. The summed E-state index contributed by atoms with van der Waals surface area (Å²) in [6.07, 6.45) is 3.11. The summed E-state index contributed by atoms with van der Waals surface area (Å²) in [6, 6.07) is 7.61. The van der Waals surface area contributed by atoms with Gasteiger partial charge >= 0.3 is 0 Å². The summed E-state index contributed by atoms with van der Waals surface area (Å²) in [5.41, 5.74) is 3.13. The zero-order valence-corrected chi connectivity index (χ0v) is 12.0. The number of carbonyl (C=O) groups is 1. The lowest BCUT2D eigenvalue weighted by Crippen LogP contribution is -2.06. The first-order valence-electron chi connectivity index (χ1n) is 6.31. The Bertz CT molecular complexity index is 797. The lowest BCUT2D eigenvalue weighted by molar-refractivity contribution is -0.114. The first-order chi connectivity index (χ1) is 10.1. The van der Waals surface area contributed by atoms with E-state index in [0.717, 1.165) is 11.3 Å². The van der Waals surface area contributed by atoms with Crippen LogP contribution < -0.4 is 5.32 Å². The van der Waals surface area contributed by atoms with Crippen LogP contribution in [-0.2, 0) is 11.3 Å². The molecule has 1 amide bonds. The molecule has 0 saturated heterocycles. The predicted octanol–water partition coefficient (Wildman–Crippen LogP) is 2.49. The molecule has 2 heterocycles. The van der Waals surface area contributed by atoms with Crippen LogP contribution in [0.15, 0.2) is 36.9 Å². The van der Waals surface area contributed by atoms with E-state index in [1.165, 1.54) is 13.3 Å². The zero-order valence-electron chi connectivity index (χ0n) is 11.2. The number of nitrogens with one attached hydrogen (secondary N) is 1. The smallest absolute Gasteiger partial charge is 0.221 e. The molecule has 2 aromatic heterocycles. The summed E-state index contributed by atoms with van der Waals surface area (Å²) in [7, 11) is 0. The van der Waals surface area contributed by atoms with Crippen LogP contribution >= 0.6 is 11.6 Å². The molecule has 7 heteroatoms. The minimum absolute atomic E-state index is 0.0882. The predicted molar refractivity (Wildman–Crippen MR) is 80.2 cm³/mol. The number of anilines is 1. The van der Waals surface area contributed by atoms with E-state index in [1.54, 1.807) is 6.33 Å². The van der Waals surface area contributed by atoms with Gasteiger partial charge in [-0.3, -0.25) is 4.79 Å². The summed E-state index contributed by atoms with van der Waals surface area (Å²) in [4.78, 5) is 23.3. The summed E-state index contributed by atoms with van der Waals surface area (Å²) >= 11 is 5.98. The molecule has 0 spiro atoms. The van der Waals surface area contributed by atoms with Gasteiger partial charge in [0.2, 0.25) is 5.91 Å². The molecule has 0 aliphatic carbocycles. The van der Waals surface area contributed by atoms with Gasteiger partial charge in [0.25, 0.3) is 0 Å². The van der Waals surface area contributed by atoms with Gasteiger partial charge in [0, 0.05) is 12.6 Å². The number of carbonyl (C=O) groups excluding carboxylic acids is 1. The molecule has 0 aliphatic rings. The molecule has 1 aromatic carbocycles. The maximum absolute atomic E-state index is 11.0. The third-order valence-electron chi connectivity index (χ3n) is 2.98. The van der Waals surface area contributed by atoms with E-state index >= 15 is 0 Å². The number of amides is 1. The van der Waals surface area contributed by atoms with E-state index < -0.39 is 0 Å². The Morgan fingerprint density at radius 1 is 1.24 bits per heavy atom. The van der Waals surface area contributed by atoms with Gasteiger partial charge in [0.15, 0.2) is 10.8 Å². The molecule has 3 rings (SSSR count). The second-order valence-corrected chi connectivity index (χ2v) is 4.95. The molecule has 0 aliphatic heterocycles. The van der Waals surface area contributed by atoms with Crippen molar-refractivity contribution >= 4 is 34.4 Å². The van der Waals surface area contributed by atoms with Crippen LogP contribution in [0.5, 0.6) is 0 Å². The molecular formula is C14H12ClN5O. The highest BCUT2D eigenvalue weighted by Gasteiger charge is 2.08. The average molecular weight is 302 g/mol. The van der Waals surface area contributed by atoms with Crippen molar-refractivity contribution in [3.05, 3.63) is 47.6 Å². The molecule has 0 fully saturated rings. The van der Waals surface area contributed by atoms with Crippen molar-refractivity contribution in [3.8, 4) is 0 Å². The Morgan fingerprint density at radius 3 is 2.71 bits per heavy atom. The van der Waals surface area contributed by atoms with Crippen LogP contribution in [0.3, 0.4) is 0 Å². The second kappa shape index (κ2) is 5.49. The van der Waals surface area contributed by atoms with Crippen molar-refractivity contribution in [2.24, 2.45) is 0 Å². The van der Waals surface area contributed by atoms with Crippen molar-refractivity contribution in [1.82, 2.24) is 19.5 Å². The van der Waals surface area contributed by atoms with Crippen molar-refractivity contribution in [1.29, 1.82) is 0 Å². The normalized spacial score (nSPS) is 10.8. The number of halogens is 1. The Morgan fingerprint density at radius 2 is 2.00 bits per heavy atom. The van der Waals surface area contributed by atoms with Gasteiger partial charge in [-0.1, -0.05) is 23.7 Å². The lowest BCUT2D eigenvalue weighted by Gasteiger charge is -2.06. The Balaban J connectivity index is 1.85. The number of nitrogens with zero attached hydrogens (tertiary/aromatic N) is 4. The summed E-state index contributed by atoms with van der Waals surface area (Å²) in [5, 5.41) is 3.08. The molecule has 6 nitrogen and oxygen atoms in total. The first kappa shape index (κ1) is 13.5. The highest BCUT2D eigenvalue weighted by molar-refractivity contribution is 6.33.